The van der Waals surface area contributed by atoms with E-state index in [1.165, 1.54) is 6.07 Å². The zero-order valence-corrected chi connectivity index (χ0v) is 13.8. The molecule has 0 bridgehead atoms. The van der Waals surface area contributed by atoms with Crippen LogP contribution in [-0.2, 0) is 4.79 Å². The highest BCUT2D eigenvalue weighted by molar-refractivity contribution is 6.35. The summed E-state index contributed by atoms with van der Waals surface area (Å²) in [6, 6.07) is 11.6. The average molecular weight is 352 g/mol. The van der Waals surface area contributed by atoms with Gasteiger partial charge < -0.3 is 16.0 Å². The molecule has 2 aromatic carbocycles. The van der Waals surface area contributed by atoms with E-state index < -0.39 is 11.9 Å². The van der Waals surface area contributed by atoms with Crippen molar-refractivity contribution in [3.8, 4) is 0 Å². The van der Waals surface area contributed by atoms with Gasteiger partial charge in [-0.15, -0.1) is 0 Å². The summed E-state index contributed by atoms with van der Waals surface area (Å²) in [5, 5.41) is 8.55. The van der Waals surface area contributed by atoms with Crippen LogP contribution in [0.2, 0.25) is 10.0 Å². The first kappa shape index (κ1) is 17.1. The topological polar surface area (TPSA) is 70.2 Å². The summed E-state index contributed by atoms with van der Waals surface area (Å²) in [6.45, 7) is 1.68. The van der Waals surface area contributed by atoms with Crippen LogP contribution in [0, 0.1) is 6.92 Å². The number of rotatable bonds is 4. The number of amides is 3. The maximum Gasteiger partial charge on any atom is 0.319 e. The van der Waals surface area contributed by atoms with Crippen molar-refractivity contribution in [2.24, 2.45) is 0 Å². The third-order valence-corrected chi connectivity index (χ3v) is 3.57. The molecule has 0 aliphatic rings. The minimum Gasteiger partial charge on any atom is -0.329 e. The molecule has 5 nitrogen and oxygen atoms in total. The van der Waals surface area contributed by atoms with Gasteiger partial charge in [0, 0.05) is 10.7 Å². The van der Waals surface area contributed by atoms with Crippen molar-refractivity contribution in [2.75, 3.05) is 17.2 Å². The first-order valence-corrected chi connectivity index (χ1v) is 7.56. The van der Waals surface area contributed by atoms with Crippen LogP contribution in [0.5, 0.6) is 0 Å². The van der Waals surface area contributed by atoms with Gasteiger partial charge in [0.25, 0.3) is 0 Å². The molecule has 0 unspecified atom stereocenters. The van der Waals surface area contributed by atoms with E-state index in [9.17, 15) is 9.59 Å². The normalized spacial score (nSPS) is 10.0. The lowest BCUT2D eigenvalue weighted by molar-refractivity contribution is -0.115. The molecular weight excluding hydrogens is 337 g/mol. The molecule has 3 N–H and O–H groups in total. The molecule has 3 amide bonds. The Morgan fingerprint density at radius 2 is 1.74 bits per heavy atom. The first-order valence-electron chi connectivity index (χ1n) is 6.81. The molecule has 0 aliphatic carbocycles. The van der Waals surface area contributed by atoms with E-state index in [4.69, 9.17) is 23.2 Å². The van der Waals surface area contributed by atoms with Crippen molar-refractivity contribution in [3.05, 3.63) is 58.1 Å². The number of urea groups is 1. The van der Waals surface area contributed by atoms with E-state index in [0.29, 0.717) is 21.4 Å². The van der Waals surface area contributed by atoms with Gasteiger partial charge in [0.15, 0.2) is 0 Å². The Kier molecular flexibility index (Phi) is 5.84. The highest BCUT2D eigenvalue weighted by Gasteiger charge is 2.09. The third kappa shape index (κ3) is 5.16. The number of carbonyl (C=O) groups is 2. The fourth-order valence-corrected chi connectivity index (χ4v) is 2.16. The monoisotopic (exact) mass is 351 g/mol. The Bertz CT molecular complexity index is 735. The molecule has 0 saturated heterocycles. The van der Waals surface area contributed by atoms with E-state index in [1.54, 1.807) is 18.2 Å². The van der Waals surface area contributed by atoms with Crippen molar-refractivity contribution >= 4 is 46.5 Å². The minimum atomic E-state index is -0.466. The van der Waals surface area contributed by atoms with Crippen molar-refractivity contribution in [1.29, 1.82) is 0 Å². The fraction of sp³-hybridized carbons (Fsp3) is 0.125. The zero-order chi connectivity index (χ0) is 16.8. The molecule has 0 aliphatic heterocycles. The number of benzene rings is 2. The molecule has 0 fully saturated rings. The maximum absolute atomic E-state index is 11.8. The van der Waals surface area contributed by atoms with Gasteiger partial charge in [0.1, 0.15) is 0 Å². The number of para-hydroxylation sites is 1. The summed E-state index contributed by atoms with van der Waals surface area (Å²) in [6.07, 6.45) is 0. The molecule has 120 valence electrons. The predicted octanol–water partition coefficient (Wildman–Crippen LogP) is 4.06. The first-order chi connectivity index (χ1) is 11.0. The quantitative estimate of drug-likeness (QED) is 0.777. The fourth-order valence-electron chi connectivity index (χ4n) is 1.83. The number of aryl methyl sites for hydroxylation is 1. The molecule has 0 radical (unpaired) electrons. The van der Waals surface area contributed by atoms with Gasteiger partial charge in [-0.25, -0.2) is 4.79 Å². The van der Waals surface area contributed by atoms with E-state index in [0.717, 1.165) is 5.56 Å². The van der Waals surface area contributed by atoms with E-state index in [2.05, 4.69) is 16.0 Å². The Hall–Kier alpha value is -2.24. The molecule has 23 heavy (non-hydrogen) atoms. The Morgan fingerprint density at radius 3 is 2.48 bits per heavy atom. The van der Waals surface area contributed by atoms with Crippen molar-refractivity contribution < 1.29 is 9.59 Å². The number of anilines is 2. The van der Waals surface area contributed by atoms with Crippen LogP contribution in [0.4, 0.5) is 16.2 Å². The van der Waals surface area contributed by atoms with Gasteiger partial charge >= 0.3 is 6.03 Å². The number of hydrogen-bond acceptors (Lipinski definition) is 2. The second kappa shape index (κ2) is 7.85. The SMILES string of the molecule is Cc1ccccc1NC(=O)NCC(=O)Nc1cc(Cl)ccc1Cl. The van der Waals surface area contributed by atoms with Crippen LogP contribution in [0.15, 0.2) is 42.5 Å². The molecule has 2 aromatic rings. The number of halogens is 2. The Morgan fingerprint density at radius 1 is 1.00 bits per heavy atom. The third-order valence-electron chi connectivity index (χ3n) is 3.01. The molecule has 0 aromatic heterocycles. The smallest absolute Gasteiger partial charge is 0.319 e. The summed E-state index contributed by atoms with van der Waals surface area (Å²) in [7, 11) is 0. The van der Waals surface area contributed by atoms with Gasteiger partial charge in [0.2, 0.25) is 5.91 Å². The van der Waals surface area contributed by atoms with E-state index in [1.807, 2.05) is 25.1 Å². The van der Waals surface area contributed by atoms with Crippen LogP contribution in [0.3, 0.4) is 0 Å². The Balaban J connectivity index is 1.85. The van der Waals surface area contributed by atoms with E-state index >= 15 is 0 Å². The van der Waals surface area contributed by atoms with Crippen LogP contribution in [-0.4, -0.2) is 18.5 Å². The van der Waals surface area contributed by atoms with Gasteiger partial charge in [-0.2, -0.15) is 0 Å². The lowest BCUT2D eigenvalue weighted by atomic mass is 10.2. The number of carbonyl (C=O) groups excluding carboxylic acids is 2. The molecule has 0 saturated carbocycles. The summed E-state index contributed by atoms with van der Waals surface area (Å²) in [5.74, 6) is -0.408. The summed E-state index contributed by atoms with van der Waals surface area (Å²) in [5.41, 5.74) is 2.01. The molecular formula is C16H15Cl2N3O2. The standard InChI is InChI=1S/C16H15Cl2N3O2/c1-10-4-2-3-5-13(10)21-16(23)19-9-15(22)20-14-8-11(17)6-7-12(14)18/h2-8H,9H2,1H3,(H,20,22)(H2,19,21,23). The zero-order valence-electron chi connectivity index (χ0n) is 12.3. The van der Waals surface area contributed by atoms with Crippen molar-refractivity contribution in [2.45, 2.75) is 6.92 Å². The lowest BCUT2D eigenvalue weighted by Crippen LogP contribution is -2.36. The van der Waals surface area contributed by atoms with Crippen LogP contribution < -0.4 is 16.0 Å². The Labute approximate surface area is 144 Å². The maximum atomic E-state index is 11.8. The van der Waals surface area contributed by atoms with Crippen LogP contribution >= 0.6 is 23.2 Å². The van der Waals surface area contributed by atoms with Gasteiger partial charge in [0.05, 0.1) is 17.3 Å². The molecule has 7 heteroatoms. The van der Waals surface area contributed by atoms with Crippen molar-refractivity contribution in [3.63, 3.8) is 0 Å². The highest BCUT2D eigenvalue weighted by atomic mass is 35.5. The minimum absolute atomic E-state index is 0.194. The molecule has 0 heterocycles. The average Bonchev–Trinajstić information content (AvgIpc) is 2.51. The lowest BCUT2D eigenvalue weighted by Gasteiger charge is -2.11. The van der Waals surface area contributed by atoms with Gasteiger partial charge in [-0.05, 0) is 36.8 Å². The summed E-state index contributed by atoms with van der Waals surface area (Å²) < 4.78 is 0. The number of hydrogen-bond donors (Lipinski definition) is 3. The summed E-state index contributed by atoms with van der Waals surface area (Å²) >= 11 is 11.8. The van der Waals surface area contributed by atoms with E-state index in [-0.39, 0.29) is 6.54 Å². The largest absolute Gasteiger partial charge is 0.329 e. The summed E-state index contributed by atoms with van der Waals surface area (Å²) in [4.78, 5) is 23.6. The highest BCUT2D eigenvalue weighted by Crippen LogP contribution is 2.25. The molecule has 0 spiro atoms. The van der Waals surface area contributed by atoms with Crippen LogP contribution in [0.25, 0.3) is 0 Å². The predicted molar refractivity (Wildman–Crippen MR) is 93.3 cm³/mol. The molecule has 0 atom stereocenters. The molecule has 2 rings (SSSR count). The van der Waals surface area contributed by atoms with Gasteiger partial charge in [-0.1, -0.05) is 41.4 Å². The van der Waals surface area contributed by atoms with Crippen LogP contribution in [0.1, 0.15) is 5.56 Å². The number of nitrogens with one attached hydrogen (secondary N) is 3. The van der Waals surface area contributed by atoms with Gasteiger partial charge in [-0.3, -0.25) is 4.79 Å². The second-order valence-electron chi connectivity index (χ2n) is 4.79. The van der Waals surface area contributed by atoms with Crippen molar-refractivity contribution in [1.82, 2.24) is 5.32 Å². The second-order valence-corrected chi connectivity index (χ2v) is 5.64.